The van der Waals surface area contributed by atoms with Crippen molar-refractivity contribution in [3.8, 4) is 5.75 Å². The number of methoxy groups -OCH3 is 1. The first-order valence-corrected chi connectivity index (χ1v) is 7.38. The molecule has 2 rings (SSSR count). The van der Waals surface area contributed by atoms with Gasteiger partial charge >= 0.3 is 0 Å². The fraction of sp³-hybridized carbons (Fsp3) is 0.188. The number of hydrogen-bond acceptors (Lipinski definition) is 3. The summed E-state index contributed by atoms with van der Waals surface area (Å²) in [5.74, 6) is 0.380. The lowest BCUT2D eigenvalue weighted by Crippen LogP contribution is -2.21. The first-order valence-electron chi connectivity index (χ1n) is 6.63. The molecule has 0 aliphatic rings. The number of halogens is 2. The summed E-state index contributed by atoms with van der Waals surface area (Å²) in [6, 6.07) is 10.6. The van der Waals surface area contributed by atoms with Gasteiger partial charge in [-0.25, -0.2) is 0 Å². The molecule has 0 radical (unpaired) electrons. The zero-order valence-corrected chi connectivity index (χ0v) is 13.8. The van der Waals surface area contributed by atoms with Crippen LogP contribution < -0.4 is 15.4 Å². The molecule has 0 spiro atoms. The lowest BCUT2D eigenvalue weighted by molar-refractivity contribution is -0.114. The second-order valence-electron chi connectivity index (χ2n) is 4.72. The minimum absolute atomic E-state index is 0.128. The van der Waals surface area contributed by atoms with Crippen molar-refractivity contribution in [2.75, 3.05) is 24.3 Å². The van der Waals surface area contributed by atoms with Gasteiger partial charge in [-0.2, -0.15) is 0 Å². The van der Waals surface area contributed by atoms with Crippen LogP contribution in [0.1, 0.15) is 5.56 Å². The van der Waals surface area contributed by atoms with E-state index in [-0.39, 0.29) is 12.5 Å². The summed E-state index contributed by atoms with van der Waals surface area (Å²) in [6.07, 6.45) is 0. The molecule has 0 unspecified atom stereocenters. The van der Waals surface area contributed by atoms with Gasteiger partial charge in [0.1, 0.15) is 5.75 Å². The van der Waals surface area contributed by atoms with Gasteiger partial charge in [-0.05, 0) is 42.8 Å². The van der Waals surface area contributed by atoms with Crippen molar-refractivity contribution < 1.29 is 9.53 Å². The van der Waals surface area contributed by atoms with Crippen LogP contribution in [0.3, 0.4) is 0 Å². The van der Waals surface area contributed by atoms with Crippen molar-refractivity contribution in [1.29, 1.82) is 0 Å². The lowest BCUT2D eigenvalue weighted by atomic mass is 10.2. The van der Waals surface area contributed by atoms with Gasteiger partial charge in [0, 0.05) is 16.4 Å². The molecule has 116 valence electrons. The maximum atomic E-state index is 11.9. The molecular formula is C16H16Cl2N2O2. The highest BCUT2D eigenvalue weighted by Gasteiger charge is 2.06. The van der Waals surface area contributed by atoms with E-state index in [1.165, 1.54) is 7.11 Å². The first-order chi connectivity index (χ1) is 10.5. The number of nitrogens with one attached hydrogen (secondary N) is 2. The zero-order chi connectivity index (χ0) is 16.1. The van der Waals surface area contributed by atoms with Crippen LogP contribution >= 0.6 is 23.2 Å². The summed E-state index contributed by atoms with van der Waals surface area (Å²) < 4.78 is 5.06. The van der Waals surface area contributed by atoms with Gasteiger partial charge in [-0.15, -0.1) is 0 Å². The van der Waals surface area contributed by atoms with Crippen molar-refractivity contribution in [3.63, 3.8) is 0 Å². The minimum atomic E-state index is -0.182. The second-order valence-corrected chi connectivity index (χ2v) is 5.53. The molecule has 0 bridgehead atoms. The van der Waals surface area contributed by atoms with Crippen LogP contribution in [0.25, 0.3) is 0 Å². The fourth-order valence-corrected chi connectivity index (χ4v) is 2.27. The summed E-state index contributed by atoms with van der Waals surface area (Å²) in [5.41, 5.74) is 2.39. The molecule has 0 atom stereocenters. The first kappa shape index (κ1) is 16.5. The van der Waals surface area contributed by atoms with Gasteiger partial charge in [0.15, 0.2) is 0 Å². The average Bonchev–Trinajstić information content (AvgIpc) is 2.49. The normalized spacial score (nSPS) is 10.2. The predicted octanol–water partition coefficient (Wildman–Crippen LogP) is 4.36. The Morgan fingerprint density at radius 3 is 2.41 bits per heavy atom. The Labute approximate surface area is 139 Å². The Bertz CT molecular complexity index is 690. The molecule has 0 saturated carbocycles. The SMILES string of the molecule is COc1ccc(NC(=O)CNc2ccc(C)c(Cl)c2)cc1Cl. The largest absolute Gasteiger partial charge is 0.495 e. The van der Waals surface area contributed by atoms with Crippen LogP contribution in [0.2, 0.25) is 10.0 Å². The van der Waals surface area contributed by atoms with Gasteiger partial charge in [0.2, 0.25) is 5.91 Å². The topological polar surface area (TPSA) is 50.4 Å². The third-order valence-corrected chi connectivity index (χ3v) is 3.76. The predicted molar refractivity (Wildman–Crippen MR) is 91.3 cm³/mol. The molecule has 2 aromatic rings. The summed E-state index contributed by atoms with van der Waals surface area (Å²) in [4.78, 5) is 11.9. The molecule has 1 amide bonds. The Morgan fingerprint density at radius 1 is 1.09 bits per heavy atom. The van der Waals surface area contributed by atoms with E-state index in [2.05, 4.69) is 10.6 Å². The minimum Gasteiger partial charge on any atom is -0.495 e. The van der Waals surface area contributed by atoms with E-state index in [0.717, 1.165) is 11.3 Å². The van der Waals surface area contributed by atoms with Gasteiger partial charge in [-0.1, -0.05) is 29.3 Å². The van der Waals surface area contributed by atoms with E-state index in [1.807, 2.05) is 19.1 Å². The summed E-state index contributed by atoms with van der Waals surface area (Å²) >= 11 is 12.0. The number of amides is 1. The number of benzene rings is 2. The third-order valence-electron chi connectivity index (χ3n) is 3.06. The van der Waals surface area contributed by atoms with E-state index >= 15 is 0 Å². The van der Waals surface area contributed by atoms with Crippen LogP contribution in [-0.4, -0.2) is 19.6 Å². The number of ether oxygens (including phenoxy) is 1. The number of carbonyl (C=O) groups is 1. The van der Waals surface area contributed by atoms with Gasteiger partial charge < -0.3 is 15.4 Å². The van der Waals surface area contributed by atoms with E-state index in [1.54, 1.807) is 24.3 Å². The van der Waals surface area contributed by atoms with Crippen molar-refractivity contribution in [2.45, 2.75) is 6.92 Å². The van der Waals surface area contributed by atoms with Crippen molar-refractivity contribution >= 4 is 40.5 Å². The monoisotopic (exact) mass is 338 g/mol. The Balaban J connectivity index is 1.92. The maximum Gasteiger partial charge on any atom is 0.243 e. The summed E-state index contributed by atoms with van der Waals surface area (Å²) in [6.45, 7) is 2.05. The highest BCUT2D eigenvalue weighted by Crippen LogP contribution is 2.27. The third kappa shape index (κ3) is 4.29. The number of rotatable bonds is 5. The highest BCUT2D eigenvalue weighted by atomic mass is 35.5. The molecule has 2 aromatic carbocycles. The molecule has 0 fully saturated rings. The van der Waals surface area contributed by atoms with Crippen LogP contribution in [0, 0.1) is 6.92 Å². The molecule has 22 heavy (non-hydrogen) atoms. The average molecular weight is 339 g/mol. The molecular weight excluding hydrogens is 323 g/mol. The molecule has 0 aliphatic carbocycles. The van der Waals surface area contributed by atoms with Crippen LogP contribution in [0.4, 0.5) is 11.4 Å². The molecule has 0 saturated heterocycles. The maximum absolute atomic E-state index is 11.9. The molecule has 2 N–H and O–H groups in total. The van der Waals surface area contributed by atoms with Crippen LogP contribution in [0.15, 0.2) is 36.4 Å². The summed E-state index contributed by atoms with van der Waals surface area (Å²) in [5, 5.41) is 6.87. The Morgan fingerprint density at radius 2 is 1.77 bits per heavy atom. The van der Waals surface area contributed by atoms with Crippen molar-refractivity contribution in [2.24, 2.45) is 0 Å². The number of hydrogen-bond donors (Lipinski definition) is 2. The van der Waals surface area contributed by atoms with Gasteiger partial charge in [-0.3, -0.25) is 4.79 Å². The van der Waals surface area contributed by atoms with Crippen LogP contribution in [0.5, 0.6) is 5.75 Å². The quantitative estimate of drug-likeness (QED) is 0.851. The van der Waals surface area contributed by atoms with E-state index in [9.17, 15) is 4.79 Å². The Kier molecular flexibility index (Phi) is 5.52. The molecule has 0 aromatic heterocycles. The Hall–Kier alpha value is -1.91. The van der Waals surface area contributed by atoms with Crippen molar-refractivity contribution in [1.82, 2.24) is 0 Å². The summed E-state index contributed by atoms with van der Waals surface area (Å²) in [7, 11) is 1.54. The van der Waals surface area contributed by atoms with E-state index in [4.69, 9.17) is 27.9 Å². The van der Waals surface area contributed by atoms with Crippen molar-refractivity contribution in [3.05, 3.63) is 52.0 Å². The number of anilines is 2. The lowest BCUT2D eigenvalue weighted by Gasteiger charge is -2.10. The van der Waals surface area contributed by atoms with E-state index < -0.39 is 0 Å². The fourth-order valence-electron chi connectivity index (χ4n) is 1.83. The number of aryl methyl sites for hydroxylation is 1. The molecule has 6 heteroatoms. The molecule has 0 aliphatic heterocycles. The van der Waals surface area contributed by atoms with Gasteiger partial charge in [0.25, 0.3) is 0 Å². The highest BCUT2D eigenvalue weighted by molar-refractivity contribution is 6.32. The zero-order valence-electron chi connectivity index (χ0n) is 12.2. The van der Waals surface area contributed by atoms with Crippen LogP contribution in [-0.2, 0) is 4.79 Å². The molecule has 0 heterocycles. The smallest absolute Gasteiger partial charge is 0.243 e. The molecule has 4 nitrogen and oxygen atoms in total. The standard InChI is InChI=1S/C16H16Cl2N2O2/c1-10-3-4-11(7-13(10)17)19-9-16(21)20-12-5-6-15(22-2)14(18)8-12/h3-8,19H,9H2,1-2H3,(H,20,21). The van der Waals surface area contributed by atoms with E-state index in [0.29, 0.717) is 21.5 Å². The second kappa shape index (κ2) is 7.38. The number of carbonyl (C=O) groups excluding carboxylic acids is 1. The van der Waals surface area contributed by atoms with Gasteiger partial charge in [0.05, 0.1) is 18.7 Å².